The molecule has 194 valence electrons. The Hall–Kier alpha value is -4.53. The summed E-state index contributed by atoms with van der Waals surface area (Å²) in [7, 11) is 1.57. The van der Waals surface area contributed by atoms with E-state index in [1.165, 1.54) is 6.21 Å². The van der Waals surface area contributed by atoms with Crippen LogP contribution in [0.1, 0.15) is 36.2 Å². The zero-order chi connectivity index (χ0) is 26.5. The Morgan fingerprint density at radius 2 is 1.51 bits per heavy atom. The lowest BCUT2D eigenvalue weighted by Gasteiger charge is -2.12. The number of esters is 1. The van der Waals surface area contributed by atoms with Gasteiger partial charge in [-0.25, -0.2) is 10.2 Å². The maximum Gasteiger partial charge on any atom is 0.343 e. The summed E-state index contributed by atoms with van der Waals surface area (Å²) >= 11 is 0. The molecule has 0 spiro atoms. The average molecular weight is 507 g/mol. The molecule has 9 heteroatoms. The fraction of sp³-hybridized carbons (Fsp3) is 0.250. The average Bonchev–Trinajstić information content (AvgIpc) is 2.92. The van der Waals surface area contributed by atoms with Crippen molar-refractivity contribution in [2.45, 2.75) is 20.3 Å². The minimum absolute atomic E-state index is 0.200. The van der Waals surface area contributed by atoms with Crippen molar-refractivity contribution < 1.29 is 33.3 Å². The molecule has 0 bridgehead atoms. The van der Waals surface area contributed by atoms with E-state index in [2.05, 4.69) is 10.5 Å². The van der Waals surface area contributed by atoms with Gasteiger partial charge in [0, 0.05) is 0 Å². The highest BCUT2D eigenvalue weighted by molar-refractivity contribution is 5.92. The van der Waals surface area contributed by atoms with Crippen LogP contribution in [0.3, 0.4) is 0 Å². The molecular formula is C28H30N2O7. The maximum atomic E-state index is 12.6. The molecule has 0 saturated heterocycles. The number of hydrogen-bond donors (Lipinski definition) is 1. The van der Waals surface area contributed by atoms with Crippen molar-refractivity contribution in [3.8, 4) is 28.7 Å². The number of carbonyl (C=O) groups excluding carboxylic acids is 2. The number of benzene rings is 3. The van der Waals surface area contributed by atoms with Gasteiger partial charge in [0.15, 0.2) is 18.1 Å². The van der Waals surface area contributed by atoms with Crippen LogP contribution >= 0.6 is 0 Å². The minimum atomic E-state index is -0.520. The summed E-state index contributed by atoms with van der Waals surface area (Å²) in [4.78, 5) is 24.6. The Morgan fingerprint density at radius 3 is 2.19 bits per heavy atom. The standard InChI is InChI=1S/C28H30N2O7/c1-4-16-35-23-9-7-21(8-10-23)28(32)37-25-15-6-20(17-26(25)34-5-2)18-29-30-27(31)19-36-24-13-11-22(33-3)12-14-24/h6-15,17-18H,4-5,16,19H2,1-3H3,(H,30,31)/b29-18-. The predicted molar refractivity (Wildman–Crippen MR) is 139 cm³/mol. The molecule has 0 aromatic heterocycles. The molecule has 0 aliphatic heterocycles. The van der Waals surface area contributed by atoms with E-state index in [-0.39, 0.29) is 12.4 Å². The fourth-order valence-electron chi connectivity index (χ4n) is 3.06. The number of carbonyl (C=O) groups is 2. The van der Waals surface area contributed by atoms with Crippen LogP contribution in [0.15, 0.2) is 71.8 Å². The third-order valence-electron chi connectivity index (χ3n) is 4.87. The highest BCUT2D eigenvalue weighted by Crippen LogP contribution is 2.29. The second-order valence-electron chi connectivity index (χ2n) is 7.66. The van der Waals surface area contributed by atoms with Crippen molar-refractivity contribution in [2.24, 2.45) is 5.10 Å². The molecule has 0 radical (unpaired) electrons. The van der Waals surface area contributed by atoms with Gasteiger partial charge < -0.3 is 23.7 Å². The first-order valence-corrected chi connectivity index (χ1v) is 11.8. The van der Waals surface area contributed by atoms with Gasteiger partial charge in [-0.2, -0.15) is 5.10 Å². The number of nitrogens with zero attached hydrogens (tertiary/aromatic N) is 1. The van der Waals surface area contributed by atoms with Gasteiger partial charge in [-0.1, -0.05) is 6.92 Å². The molecule has 0 aliphatic rings. The minimum Gasteiger partial charge on any atom is -0.497 e. The van der Waals surface area contributed by atoms with Crippen molar-refractivity contribution in [3.05, 3.63) is 77.9 Å². The smallest absolute Gasteiger partial charge is 0.343 e. The number of hydrazone groups is 1. The van der Waals surface area contributed by atoms with Gasteiger partial charge in [0.1, 0.15) is 17.2 Å². The van der Waals surface area contributed by atoms with E-state index < -0.39 is 11.9 Å². The Balaban J connectivity index is 1.56. The third kappa shape index (κ3) is 8.57. The first-order valence-electron chi connectivity index (χ1n) is 11.8. The lowest BCUT2D eigenvalue weighted by atomic mass is 10.2. The van der Waals surface area contributed by atoms with Crippen molar-refractivity contribution in [2.75, 3.05) is 26.9 Å². The first kappa shape index (κ1) is 27.1. The lowest BCUT2D eigenvalue weighted by Crippen LogP contribution is -2.24. The number of hydrogen-bond acceptors (Lipinski definition) is 8. The number of amides is 1. The highest BCUT2D eigenvalue weighted by Gasteiger charge is 2.13. The van der Waals surface area contributed by atoms with Gasteiger partial charge in [-0.3, -0.25) is 4.79 Å². The molecule has 1 amide bonds. The number of rotatable bonds is 13. The summed E-state index contributed by atoms with van der Waals surface area (Å²) in [6, 6.07) is 18.6. The summed E-state index contributed by atoms with van der Waals surface area (Å²) in [6.07, 6.45) is 2.35. The molecule has 0 aliphatic carbocycles. The van der Waals surface area contributed by atoms with Crippen LogP contribution in [0.4, 0.5) is 0 Å². The van der Waals surface area contributed by atoms with Gasteiger partial charge in [-0.05, 0) is 85.6 Å². The molecule has 3 rings (SSSR count). The van der Waals surface area contributed by atoms with Gasteiger partial charge in [-0.15, -0.1) is 0 Å². The predicted octanol–water partition coefficient (Wildman–Crippen LogP) is 4.63. The van der Waals surface area contributed by atoms with Gasteiger partial charge in [0.05, 0.1) is 32.1 Å². The van der Waals surface area contributed by atoms with Crippen molar-refractivity contribution >= 4 is 18.1 Å². The second kappa shape index (κ2) is 14.1. The monoisotopic (exact) mass is 506 g/mol. The molecular weight excluding hydrogens is 476 g/mol. The topological polar surface area (TPSA) is 105 Å². The zero-order valence-corrected chi connectivity index (χ0v) is 21.1. The molecule has 0 saturated carbocycles. The van der Waals surface area contributed by atoms with Gasteiger partial charge >= 0.3 is 5.97 Å². The van der Waals surface area contributed by atoms with E-state index in [0.717, 1.165) is 6.42 Å². The highest BCUT2D eigenvalue weighted by atomic mass is 16.6. The SMILES string of the molecule is CCCOc1ccc(C(=O)Oc2ccc(/C=N\NC(=O)COc3ccc(OC)cc3)cc2OCC)cc1. The van der Waals surface area contributed by atoms with E-state index in [1.54, 1.807) is 73.8 Å². The Labute approximate surface area is 216 Å². The molecule has 0 fully saturated rings. The Morgan fingerprint density at radius 1 is 0.838 bits per heavy atom. The molecule has 0 unspecified atom stereocenters. The summed E-state index contributed by atoms with van der Waals surface area (Å²) in [5, 5.41) is 3.95. The van der Waals surface area contributed by atoms with E-state index in [1.807, 2.05) is 13.8 Å². The molecule has 0 atom stereocenters. The number of methoxy groups -OCH3 is 1. The van der Waals surface area contributed by atoms with Crippen LogP contribution in [0, 0.1) is 0 Å². The summed E-state index contributed by atoms with van der Waals surface area (Å²) < 4.78 is 27.2. The number of ether oxygens (including phenoxy) is 5. The van der Waals surface area contributed by atoms with Crippen LogP contribution in [0.5, 0.6) is 28.7 Å². The molecule has 3 aromatic carbocycles. The Bertz CT molecular complexity index is 1190. The van der Waals surface area contributed by atoms with E-state index >= 15 is 0 Å². The summed E-state index contributed by atoms with van der Waals surface area (Å²) in [5.41, 5.74) is 3.43. The van der Waals surface area contributed by atoms with E-state index in [9.17, 15) is 9.59 Å². The largest absolute Gasteiger partial charge is 0.497 e. The lowest BCUT2D eigenvalue weighted by molar-refractivity contribution is -0.123. The molecule has 9 nitrogen and oxygen atoms in total. The molecule has 0 heterocycles. The number of nitrogens with one attached hydrogen (secondary N) is 1. The molecule has 3 aromatic rings. The van der Waals surface area contributed by atoms with Crippen molar-refractivity contribution in [1.82, 2.24) is 5.43 Å². The van der Waals surface area contributed by atoms with Crippen LogP contribution in [-0.4, -0.2) is 45.0 Å². The van der Waals surface area contributed by atoms with Gasteiger partial charge in [0.25, 0.3) is 5.91 Å². The fourth-order valence-corrected chi connectivity index (χ4v) is 3.06. The molecule has 1 N–H and O–H groups in total. The Kier molecular flexibility index (Phi) is 10.3. The summed E-state index contributed by atoms with van der Waals surface area (Å²) in [6.45, 7) is 4.63. The maximum absolute atomic E-state index is 12.6. The van der Waals surface area contributed by atoms with Crippen LogP contribution < -0.4 is 29.1 Å². The third-order valence-corrected chi connectivity index (χ3v) is 4.87. The second-order valence-corrected chi connectivity index (χ2v) is 7.66. The first-order chi connectivity index (χ1) is 18.0. The van der Waals surface area contributed by atoms with Crippen molar-refractivity contribution in [1.29, 1.82) is 0 Å². The van der Waals surface area contributed by atoms with Crippen LogP contribution in [0.25, 0.3) is 0 Å². The van der Waals surface area contributed by atoms with Crippen LogP contribution in [0.2, 0.25) is 0 Å². The normalized spacial score (nSPS) is 10.6. The van der Waals surface area contributed by atoms with Crippen molar-refractivity contribution in [3.63, 3.8) is 0 Å². The molecule has 37 heavy (non-hydrogen) atoms. The van der Waals surface area contributed by atoms with Gasteiger partial charge in [0.2, 0.25) is 0 Å². The van der Waals surface area contributed by atoms with E-state index in [4.69, 9.17) is 23.7 Å². The summed E-state index contributed by atoms with van der Waals surface area (Å²) in [5.74, 6) is 1.62. The van der Waals surface area contributed by atoms with E-state index in [0.29, 0.717) is 47.3 Å². The quantitative estimate of drug-likeness (QED) is 0.156. The van der Waals surface area contributed by atoms with Crippen LogP contribution in [-0.2, 0) is 4.79 Å². The zero-order valence-electron chi connectivity index (χ0n) is 21.1.